The van der Waals surface area contributed by atoms with E-state index in [1.165, 1.54) is 0 Å². The van der Waals surface area contributed by atoms with Crippen LogP contribution in [0.2, 0.25) is 0 Å². The molecule has 1 aliphatic rings. The Hall–Kier alpha value is -2.82. The molecular formula is C22H26N2O3. The molecule has 1 heterocycles. The van der Waals surface area contributed by atoms with Crippen LogP contribution in [0.5, 0.6) is 5.75 Å². The van der Waals surface area contributed by atoms with Gasteiger partial charge in [0.25, 0.3) is 5.91 Å². The Morgan fingerprint density at radius 1 is 1.15 bits per heavy atom. The van der Waals surface area contributed by atoms with Gasteiger partial charge in [-0.1, -0.05) is 25.1 Å². The van der Waals surface area contributed by atoms with Crippen molar-refractivity contribution in [1.29, 1.82) is 0 Å². The zero-order valence-electron chi connectivity index (χ0n) is 16.2. The molecule has 0 unspecified atom stereocenters. The molecule has 1 N–H and O–H groups in total. The van der Waals surface area contributed by atoms with E-state index in [0.717, 1.165) is 46.8 Å². The maximum Gasteiger partial charge on any atom is 0.262 e. The molecule has 3 rings (SSSR count). The lowest BCUT2D eigenvalue weighted by Crippen LogP contribution is -2.35. The fourth-order valence-electron chi connectivity index (χ4n) is 3.47. The average molecular weight is 366 g/mol. The zero-order chi connectivity index (χ0) is 19.4. The first-order valence-electron chi connectivity index (χ1n) is 9.41. The summed E-state index contributed by atoms with van der Waals surface area (Å²) in [7, 11) is 0. The third-order valence-electron chi connectivity index (χ3n) is 4.77. The molecule has 142 valence electrons. The van der Waals surface area contributed by atoms with Crippen LogP contribution >= 0.6 is 0 Å². The van der Waals surface area contributed by atoms with Gasteiger partial charge in [-0.3, -0.25) is 9.59 Å². The van der Waals surface area contributed by atoms with Crippen molar-refractivity contribution in [3.63, 3.8) is 0 Å². The second-order valence-electron chi connectivity index (χ2n) is 6.95. The highest BCUT2D eigenvalue weighted by molar-refractivity contribution is 5.97. The number of rotatable bonds is 6. The van der Waals surface area contributed by atoms with Crippen molar-refractivity contribution in [2.24, 2.45) is 0 Å². The highest BCUT2D eigenvalue weighted by atomic mass is 16.5. The lowest BCUT2D eigenvalue weighted by molar-refractivity contribution is -0.119. The highest BCUT2D eigenvalue weighted by Crippen LogP contribution is 2.30. The number of aryl methyl sites for hydroxylation is 3. The Morgan fingerprint density at radius 2 is 1.89 bits per heavy atom. The number of benzene rings is 2. The lowest BCUT2D eigenvalue weighted by atomic mass is 10.00. The normalized spacial score (nSPS) is 13.3. The molecule has 0 spiro atoms. The standard InChI is InChI=1S/C22H26N2O3/c1-4-12-24-19-10-9-18(13-17(19)8-11-21(24)26)23-20(25)14-27-22-15(2)6-5-7-16(22)3/h5-7,9-10,13H,4,8,11-12,14H2,1-3H3,(H,23,25). The molecule has 27 heavy (non-hydrogen) atoms. The second-order valence-corrected chi connectivity index (χ2v) is 6.95. The number of nitrogens with zero attached hydrogens (tertiary/aromatic N) is 1. The summed E-state index contributed by atoms with van der Waals surface area (Å²) in [6.07, 6.45) is 2.14. The van der Waals surface area contributed by atoms with Gasteiger partial charge in [-0.25, -0.2) is 0 Å². The molecule has 0 saturated heterocycles. The fraction of sp³-hybridized carbons (Fsp3) is 0.364. The van der Waals surface area contributed by atoms with E-state index < -0.39 is 0 Å². The van der Waals surface area contributed by atoms with Gasteiger partial charge in [0.05, 0.1) is 0 Å². The van der Waals surface area contributed by atoms with Crippen molar-refractivity contribution in [2.75, 3.05) is 23.4 Å². The molecular weight excluding hydrogens is 340 g/mol. The fourth-order valence-corrected chi connectivity index (χ4v) is 3.47. The Morgan fingerprint density at radius 3 is 2.59 bits per heavy atom. The Kier molecular flexibility index (Phi) is 5.79. The van der Waals surface area contributed by atoms with E-state index in [4.69, 9.17) is 4.74 Å². The van der Waals surface area contributed by atoms with Crippen molar-refractivity contribution in [3.05, 3.63) is 53.1 Å². The van der Waals surface area contributed by atoms with Gasteiger partial charge in [-0.05, 0) is 61.6 Å². The summed E-state index contributed by atoms with van der Waals surface area (Å²) >= 11 is 0. The van der Waals surface area contributed by atoms with E-state index in [9.17, 15) is 9.59 Å². The van der Waals surface area contributed by atoms with Crippen molar-refractivity contribution < 1.29 is 14.3 Å². The van der Waals surface area contributed by atoms with E-state index in [2.05, 4.69) is 12.2 Å². The lowest BCUT2D eigenvalue weighted by Gasteiger charge is -2.29. The summed E-state index contributed by atoms with van der Waals surface area (Å²) in [5, 5.41) is 2.89. The third kappa shape index (κ3) is 4.30. The van der Waals surface area contributed by atoms with Gasteiger partial charge < -0.3 is 15.0 Å². The quantitative estimate of drug-likeness (QED) is 0.840. The van der Waals surface area contributed by atoms with Gasteiger partial charge in [0.2, 0.25) is 5.91 Å². The molecule has 0 fully saturated rings. The van der Waals surface area contributed by atoms with Gasteiger partial charge in [0, 0.05) is 24.3 Å². The molecule has 2 aromatic carbocycles. The summed E-state index contributed by atoms with van der Waals surface area (Å²) in [6, 6.07) is 11.6. The largest absolute Gasteiger partial charge is 0.483 e. The summed E-state index contributed by atoms with van der Waals surface area (Å²) in [5.41, 5.74) is 4.80. The summed E-state index contributed by atoms with van der Waals surface area (Å²) in [4.78, 5) is 26.3. The smallest absolute Gasteiger partial charge is 0.262 e. The first-order valence-corrected chi connectivity index (χ1v) is 9.41. The Bertz CT molecular complexity index is 840. The van der Waals surface area contributed by atoms with Crippen LogP contribution in [0, 0.1) is 13.8 Å². The molecule has 0 bridgehead atoms. The number of hydrogen-bond acceptors (Lipinski definition) is 3. The van der Waals surface area contributed by atoms with E-state index in [0.29, 0.717) is 12.8 Å². The minimum Gasteiger partial charge on any atom is -0.483 e. The second kappa shape index (κ2) is 8.25. The van der Waals surface area contributed by atoms with Gasteiger partial charge in [-0.2, -0.15) is 0 Å². The Balaban J connectivity index is 1.66. The molecule has 2 aromatic rings. The van der Waals surface area contributed by atoms with Crippen LogP contribution in [0.3, 0.4) is 0 Å². The SMILES string of the molecule is CCCN1C(=O)CCc2cc(NC(=O)COc3c(C)cccc3C)ccc21. The van der Waals surface area contributed by atoms with Crippen LogP contribution in [-0.4, -0.2) is 25.0 Å². The molecule has 0 radical (unpaired) electrons. The van der Waals surface area contributed by atoms with E-state index in [-0.39, 0.29) is 18.4 Å². The number of hydrogen-bond donors (Lipinski definition) is 1. The van der Waals surface area contributed by atoms with Crippen LogP contribution in [0.15, 0.2) is 36.4 Å². The monoisotopic (exact) mass is 366 g/mol. The topological polar surface area (TPSA) is 58.6 Å². The van der Waals surface area contributed by atoms with Gasteiger partial charge in [-0.15, -0.1) is 0 Å². The molecule has 2 amide bonds. The number of anilines is 2. The van der Waals surface area contributed by atoms with Crippen LogP contribution in [0.4, 0.5) is 11.4 Å². The molecule has 5 nitrogen and oxygen atoms in total. The zero-order valence-corrected chi connectivity index (χ0v) is 16.2. The van der Waals surface area contributed by atoms with Gasteiger partial charge in [0.15, 0.2) is 6.61 Å². The minimum atomic E-state index is -0.199. The number of amides is 2. The maximum absolute atomic E-state index is 12.3. The number of ether oxygens (including phenoxy) is 1. The predicted molar refractivity (Wildman–Crippen MR) is 107 cm³/mol. The van der Waals surface area contributed by atoms with Crippen LogP contribution in [-0.2, 0) is 16.0 Å². The first kappa shape index (κ1) is 19.0. The van der Waals surface area contributed by atoms with Crippen molar-refractivity contribution in [1.82, 2.24) is 0 Å². The summed E-state index contributed by atoms with van der Waals surface area (Å²) in [6.45, 7) is 6.68. The number of carbonyl (C=O) groups is 2. The maximum atomic E-state index is 12.3. The predicted octanol–water partition coefficient (Wildman–Crippen LogP) is 4.01. The van der Waals surface area contributed by atoms with Crippen LogP contribution in [0.25, 0.3) is 0 Å². The van der Waals surface area contributed by atoms with E-state index >= 15 is 0 Å². The van der Waals surface area contributed by atoms with Gasteiger partial charge in [0.1, 0.15) is 5.75 Å². The summed E-state index contributed by atoms with van der Waals surface area (Å²) in [5.74, 6) is 0.727. The van der Waals surface area contributed by atoms with Crippen molar-refractivity contribution in [2.45, 2.75) is 40.0 Å². The third-order valence-corrected chi connectivity index (χ3v) is 4.77. The molecule has 0 saturated carbocycles. The van der Waals surface area contributed by atoms with Gasteiger partial charge >= 0.3 is 0 Å². The van der Waals surface area contributed by atoms with E-state index in [1.54, 1.807) is 0 Å². The number of para-hydroxylation sites is 1. The molecule has 5 heteroatoms. The van der Waals surface area contributed by atoms with Crippen molar-refractivity contribution in [3.8, 4) is 5.75 Å². The van der Waals surface area contributed by atoms with Crippen molar-refractivity contribution >= 4 is 23.2 Å². The molecule has 0 aromatic heterocycles. The summed E-state index contributed by atoms with van der Waals surface area (Å²) < 4.78 is 5.71. The number of fused-ring (bicyclic) bond motifs is 1. The number of nitrogens with one attached hydrogen (secondary N) is 1. The minimum absolute atomic E-state index is 0.0385. The average Bonchev–Trinajstić information content (AvgIpc) is 2.64. The highest BCUT2D eigenvalue weighted by Gasteiger charge is 2.23. The Labute approximate surface area is 160 Å². The van der Waals surface area contributed by atoms with Crippen LogP contribution < -0.4 is 15.0 Å². The molecule has 0 aliphatic carbocycles. The van der Waals surface area contributed by atoms with Crippen LogP contribution in [0.1, 0.15) is 36.5 Å². The molecule has 0 atom stereocenters. The van der Waals surface area contributed by atoms with E-state index in [1.807, 2.05) is 55.1 Å². The first-order chi connectivity index (χ1) is 13.0. The number of carbonyl (C=O) groups excluding carboxylic acids is 2. The molecule has 1 aliphatic heterocycles.